The summed E-state index contributed by atoms with van der Waals surface area (Å²) in [6, 6.07) is 1.76. The molecule has 10 heteroatoms. The molecule has 2 saturated carbocycles. The van der Waals surface area contributed by atoms with E-state index in [2.05, 4.69) is 16.6 Å². The molecule has 0 atom stereocenters. The van der Waals surface area contributed by atoms with Gasteiger partial charge in [0.15, 0.2) is 5.03 Å². The first-order chi connectivity index (χ1) is 17.2. The number of aromatic nitrogens is 1. The summed E-state index contributed by atoms with van der Waals surface area (Å²) in [6.07, 6.45) is 12.5. The predicted molar refractivity (Wildman–Crippen MR) is 138 cm³/mol. The summed E-state index contributed by atoms with van der Waals surface area (Å²) in [4.78, 5) is 15.6. The van der Waals surface area contributed by atoms with Gasteiger partial charge in [-0.3, -0.25) is 4.72 Å². The summed E-state index contributed by atoms with van der Waals surface area (Å²) >= 11 is 1.34. The molecule has 0 bridgehead atoms. The molecule has 0 radical (unpaired) electrons. The summed E-state index contributed by atoms with van der Waals surface area (Å²) in [5.41, 5.74) is -0.779. The summed E-state index contributed by atoms with van der Waals surface area (Å²) in [7, 11) is -2.84. The van der Waals surface area contributed by atoms with Gasteiger partial charge in [0.1, 0.15) is 11.6 Å². The number of benzene rings is 1. The maximum Gasteiger partial charge on any atom is 0.338 e. The first kappa shape index (κ1) is 26.9. The monoisotopic (exact) mass is 538 g/mol. The average molecular weight is 539 g/mol. The van der Waals surface area contributed by atoms with Crippen LogP contribution < -0.4 is 9.46 Å². The van der Waals surface area contributed by atoms with Gasteiger partial charge in [0.05, 0.1) is 23.4 Å². The van der Waals surface area contributed by atoms with Crippen LogP contribution in [-0.4, -0.2) is 31.6 Å². The number of halogens is 1. The summed E-state index contributed by atoms with van der Waals surface area (Å²) in [6.45, 7) is 2.27. The lowest BCUT2D eigenvalue weighted by Crippen LogP contribution is -2.25. The first-order valence-corrected chi connectivity index (χ1v) is 15.2. The van der Waals surface area contributed by atoms with Crippen molar-refractivity contribution in [1.29, 1.82) is 0 Å². The fraction of sp³-hybridized carbons (Fsp3) is 0.615. The van der Waals surface area contributed by atoms with Crippen LogP contribution >= 0.6 is 11.3 Å². The van der Waals surface area contributed by atoms with E-state index >= 15 is 0 Å². The molecule has 1 aromatic carbocycles. The van der Waals surface area contributed by atoms with Gasteiger partial charge in [-0.25, -0.2) is 14.2 Å². The molecular formula is C26H35FN2O5S2. The van der Waals surface area contributed by atoms with Crippen LogP contribution in [0.25, 0.3) is 0 Å². The molecule has 0 amide bonds. The van der Waals surface area contributed by atoms with Crippen LogP contribution in [0, 0.1) is 23.6 Å². The van der Waals surface area contributed by atoms with E-state index in [-0.39, 0.29) is 22.4 Å². The van der Waals surface area contributed by atoms with Crippen LogP contribution in [0.15, 0.2) is 22.5 Å². The van der Waals surface area contributed by atoms with Gasteiger partial charge in [-0.05, 0) is 62.3 Å². The van der Waals surface area contributed by atoms with E-state index in [1.165, 1.54) is 75.2 Å². The molecule has 0 unspecified atom stereocenters. The molecule has 198 valence electrons. The molecular weight excluding hydrogens is 503 g/mol. The number of hydrogen-bond donors (Lipinski definition) is 2. The van der Waals surface area contributed by atoms with Gasteiger partial charge in [-0.15, -0.1) is 11.3 Å². The summed E-state index contributed by atoms with van der Waals surface area (Å²) < 4.78 is 47.5. The van der Waals surface area contributed by atoms with Crippen LogP contribution in [0.4, 0.5) is 10.1 Å². The Kier molecular flexibility index (Phi) is 8.55. The summed E-state index contributed by atoms with van der Waals surface area (Å²) in [5.74, 6) is 0.156. The molecule has 1 heterocycles. The van der Waals surface area contributed by atoms with Crippen LogP contribution in [0.5, 0.6) is 5.75 Å². The highest BCUT2D eigenvalue weighted by Crippen LogP contribution is 2.45. The Labute approximate surface area is 216 Å². The second-order valence-corrected chi connectivity index (χ2v) is 12.7. The largest absolute Gasteiger partial charge is 0.495 e. The quantitative estimate of drug-likeness (QED) is 0.369. The number of carbonyl (C=O) groups is 1. The number of nitrogens with one attached hydrogen (secondary N) is 1. The van der Waals surface area contributed by atoms with Crippen LogP contribution in [0.2, 0.25) is 0 Å². The van der Waals surface area contributed by atoms with E-state index in [0.29, 0.717) is 0 Å². The molecule has 2 fully saturated rings. The molecule has 0 saturated heterocycles. The van der Waals surface area contributed by atoms with Gasteiger partial charge in [0.25, 0.3) is 10.0 Å². The minimum absolute atomic E-state index is 0.0881. The number of anilines is 1. The van der Waals surface area contributed by atoms with Crippen LogP contribution in [0.3, 0.4) is 0 Å². The Balaban J connectivity index is 1.38. The number of nitrogens with zero attached hydrogens (tertiary/aromatic N) is 1. The van der Waals surface area contributed by atoms with E-state index in [1.54, 1.807) is 0 Å². The van der Waals surface area contributed by atoms with Gasteiger partial charge in [0.2, 0.25) is 0 Å². The minimum Gasteiger partial charge on any atom is -0.495 e. The normalized spacial score (nSPS) is 24.9. The van der Waals surface area contributed by atoms with E-state index in [4.69, 9.17) is 9.84 Å². The van der Waals surface area contributed by atoms with E-state index in [0.717, 1.165) is 47.7 Å². The van der Waals surface area contributed by atoms with Gasteiger partial charge < -0.3 is 9.84 Å². The third-order valence-corrected chi connectivity index (χ3v) is 10.3. The zero-order valence-electron chi connectivity index (χ0n) is 20.8. The number of methoxy groups -OCH3 is 1. The number of sulfonamides is 1. The highest BCUT2D eigenvalue weighted by Gasteiger charge is 2.32. The molecule has 2 aliphatic carbocycles. The molecule has 36 heavy (non-hydrogen) atoms. The molecule has 4 rings (SSSR count). The van der Waals surface area contributed by atoms with Gasteiger partial charge in [0, 0.05) is 17.4 Å². The standard InChI is InChI=1S/C26H35FN2O5S2/c1-3-4-16-5-7-17(8-6-16)18-9-11-19(12-10-18)25-28-24(15-35-25)36(32,33)29-22-14-21(27)20(26(30)31)13-23(22)34-2/h13-19,29H,3-12H2,1-2H3,(H,30,31). The van der Waals surface area contributed by atoms with Crippen LogP contribution in [-0.2, 0) is 10.0 Å². The summed E-state index contributed by atoms with van der Waals surface area (Å²) in [5, 5.41) is 11.3. The third kappa shape index (κ3) is 6.02. The third-order valence-electron chi connectivity index (χ3n) is 7.92. The smallest absolute Gasteiger partial charge is 0.338 e. The molecule has 0 spiro atoms. The molecule has 1 aromatic heterocycles. The maximum atomic E-state index is 14.2. The van der Waals surface area contributed by atoms with E-state index in [9.17, 15) is 17.6 Å². The van der Waals surface area contributed by atoms with Crippen molar-refractivity contribution in [2.75, 3.05) is 11.8 Å². The second kappa shape index (κ2) is 11.5. The van der Waals surface area contributed by atoms with Gasteiger partial charge in [-0.2, -0.15) is 8.42 Å². The molecule has 2 aliphatic rings. The molecule has 7 nitrogen and oxygen atoms in total. The number of carboxylic acid groups (broad SMARTS) is 1. The number of hydrogen-bond acceptors (Lipinski definition) is 6. The molecule has 0 aliphatic heterocycles. The SMILES string of the molecule is CCCC1CCC(C2CCC(c3nc(S(=O)(=O)Nc4cc(F)c(C(=O)O)cc4OC)cs3)CC2)CC1. The highest BCUT2D eigenvalue weighted by molar-refractivity contribution is 7.92. The lowest BCUT2D eigenvalue weighted by molar-refractivity contribution is 0.0691. The fourth-order valence-electron chi connectivity index (χ4n) is 5.94. The van der Waals surface area contributed by atoms with Crippen molar-refractivity contribution in [3.8, 4) is 5.75 Å². The Hall–Kier alpha value is -2.20. The van der Waals surface area contributed by atoms with Crippen molar-refractivity contribution < 1.29 is 27.4 Å². The van der Waals surface area contributed by atoms with Crippen molar-refractivity contribution in [3.05, 3.63) is 33.9 Å². The first-order valence-electron chi connectivity index (χ1n) is 12.8. The van der Waals surface area contributed by atoms with E-state index in [1.807, 2.05) is 0 Å². The Morgan fingerprint density at radius 2 is 1.78 bits per heavy atom. The van der Waals surface area contributed by atoms with Crippen molar-refractivity contribution in [2.45, 2.75) is 82.1 Å². The molecule has 2 aromatic rings. The maximum absolute atomic E-state index is 14.2. The number of ether oxygens (including phenoxy) is 1. The van der Waals surface area contributed by atoms with Gasteiger partial charge >= 0.3 is 5.97 Å². The zero-order chi connectivity index (χ0) is 25.9. The van der Waals surface area contributed by atoms with Crippen molar-refractivity contribution in [1.82, 2.24) is 4.98 Å². The minimum atomic E-state index is -4.10. The lowest BCUT2D eigenvalue weighted by atomic mass is 9.69. The highest BCUT2D eigenvalue weighted by atomic mass is 32.2. The zero-order valence-corrected chi connectivity index (χ0v) is 22.5. The number of rotatable bonds is 9. The van der Waals surface area contributed by atoms with Crippen molar-refractivity contribution in [3.63, 3.8) is 0 Å². The Morgan fingerprint density at radius 3 is 2.36 bits per heavy atom. The Morgan fingerprint density at radius 1 is 1.14 bits per heavy atom. The average Bonchev–Trinajstić information content (AvgIpc) is 3.36. The Bertz CT molecular complexity index is 1170. The van der Waals surface area contributed by atoms with Crippen LogP contribution in [0.1, 0.15) is 92.4 Å². The van der Waals surface area contributed by atoms with E-state index < -0.39 is 27.4 Å². The number of thiazole rings is 1. The number of aromatic carboxylic acids is 1. The fourth-order valence-corrected chi connectivity index (χ4v) is 8.27. The van der Waals surface area contributed by atoms with Gasteiger partial charge in [-0.1, -0.05) is 32.6 Å². The molecule has 2 N–H and O–H groups in total. The topological polar surface area (TPSA) is 106 Å². The van der Waals surface area contributed by atoms with Crippen molar-refractivity contribution >= 4 is 33.0 Å². The van der Waals surface area contributed by atoms with Crippen molar-refractivity contribution in [2.24, 2.45) is 17.8 Å². The number of carboxylic acids is 1. The second-order valence-electron chi connectivity index (χ2n) is 10.1. The predicted octanol–water partition coefficient (Wildman–Crippen LogP) is 6.67. The lowest BCUT2D eigenvalue weighted by Gasteiger charge is -2.37.